The van der Waals surface area contributed by atoms with Crippen LogP contribution in [0, 0.1) is 20.8 Å². The molecule has 3 heterocycles. The van der Waals surface area contributed by atoms with Crippen LogP contribution in [0.4, 0.5) is 10.5 Å². The molecule has 1 aliphatic rings. The molecule has 0 radical (unpaired) electrons. The van der Waals surface area contributed by atoms with Gasteiger partial charge in [-0.15, -0.1) is 0 Å². The van der Waals surface area contributed by atoms with Gasteiger partial charge in [0.2, 0.25) is 5.91 Å². The molecule has 0 unspecified atom stereocenters. The van der Waals surface area contributed by atoms with E-state index in [1.165, 1.54) is 0 Å². The number of pyridine rings is 1. The van der Waals surface area contributed by atoms with Gasteiger partial charge in [0.1, 0.15) is 12.2 Å². The molecule has 3 aromatic rings. The van der Waals surface area contributed by atoms with Crippen LogP contribution >= 0.6 is 0 Å². The molecule has 1 saturated heterocycles. The Morgan fingerprint density at radius 3 is 2.56 bits per heavy atom. The number of anilines is 1. The van der Waals surface area contributed by atoms with Crippen molar-refractivity contribution in [1.82, 2.24) is 19.8 Å². The molecule has 2 aromatic heterocycles. The Morgan fingerprint density at radius 1 is 1.09 bits per heavy atom. The monoisotopic (exact) mass is 429 g/mol. The van der Waals surface area contributed by atoms with Crippen molar-refractivity contribution in [2.24, 2.45) is 0 Å². The van der Waals surface area contributed by atoms with Crippen molar-refractivity contribution in [3.05, 3.63) is 83.1 Å². The van der Waals surface area contributed by atoms with Crippen molar-refractivity contribution >= 4 is 29.6 Å². The molecule has 4 amide bonds. The molecule has 1 fully saturated rings. The lowest BCUT2D eigenvalue weighted by Gasteiger charge is -2.12. The Morgan fingerprint density at radius 2 is 1.84 bits per heavy atom. The molecular formula is C24H23N5O3. The van der Waals surface area contributed by atoms with E-state index >= 15 is 0 Å². The minimum Gasteiger partial charge on any atom is -0.325 e. The molecule has 0 bridgehead atoms. The number of nitrogens with one attached hydrogen (secondary N) is 2. The van der Waals surface area contributed by atoms with Crippen molar-refractivity contribution in [1.29, 1.82) is 0 Å². The number of carbonyl (C=O) groups excluding carboxylic acids is 3. The first kappa shape index (κ1) is 21.0. The molecule has 8 heteroatoms. The minimum absolute atomic E-state index is 0.133. The number of aryl methyl sites for hydroxylation is 2. The topological polar surface area (TPSA) is 96.3 Å². The van der Waals surface area contributed by atoms with E-state index in [0.29, 0.717) is 5.69 Å². The number of hydrogen-bond donors (Lipinski definition) is 2. The number of benzene rings is 1. The summed E-state index contributed by atoms with van der Waals surface area (Å²) in [6.45, 7) is 5.45. The number of hydrogen-bond acceptors (Lipinski definition) is 4. The van der Waals surface area contributed by atoms with Crippen molar-refractivity contribution < 1.29 is 14.4 Å². The quantitative estimate of drug-likeness (QED) is 0.480. The van der Waals surface area contributed by atoms with Gasteiger partial charge in [0.25, 0.3) is 5.91 Å². The number of aromatic nitrogens is 2. The van der Waals surface area contributed by atoms with Crippen LogP contribution in [0.1, 0.15) is 22.5 Å². The summed E-state index contributed by atoms with van der Waals surface area (Å²) in [7, 11) is 0. The van der Waals surface area contributed by atoms with E-state index in [1.807, 2.05) is 61.7 Å². The van der Waals surface area contributed by atoms with E-state index in [4.69, 9.17) is 0 Å². The van der Waals surface area contributed by atoms with Crippen LogP contribution in [0.25, 0.3) is 11.8 Å². The highest BCUT2D eigenvalue weighted by molar-refractivity contribution is 6.16. The van der Waals surface area contributed by atoms with Gasteiger partial charge in [0.15, 0.2) is 0 Å². The van der Waals surface area contributed by atoms with Crippen LogP contribution in [0.15, 0.2) is 60.6 Å². The van der Waals surface area contributed by atoms with Gasteiger partial charge in [-0.1, -0.05) is 12.1 Å². The summed E-state index contributed by atoms with van der Waals surface area (Å²) in [5.74, 6) is -0.987. The van der Waals surface area contributed by atoms with Gasteiger partial charge in [0, 0.05) is 35.2 Å². The molecule has 8 nitrogen and oxygen atoms in total. The highest BCUT2D eigenvalue weighted by atomic mass is 16.2. The standard InChI is InChI=1S/C24H23N5O3/c1-15-5-4-6-19(11-15)26-22(30)14-28-23(31)21(27-24(28)32)13-18-12-16(2)29(17(18)3)20-7-9-25-10-8-20/h4-13H,14H2,1-3H3,(H,26,30)(H,27,32)/b21-13+. The second-order valence-corrected chi connectivity index (χ2v) is 7.66. The normalized spacial score (nSPS) is 14.7. The number of amides is 4. The zero-order chi connectivity index (χ0) is 22.8. The van der Waals surface area contributed by atoms with Crippen LogP contribution in [-0.2, 0) is 9.59 Å². The van der Waals surface area contributed by atoms with Gasteiger partial charge in [-0.05, 0) is 68.3 Å². The SMILES string of the molecule is Cc1cccc(NC(=O)CN2C(=O)N/C(=C/c3cc(C)n(-c4ccncc4)c3C)C2=O)c1. The van der Waals surface area contributed by atoms with E-state index in [-0.39, 0.29) is 12.2 Å². The van der Waals surface area contributed by atoms with Gasteiger partial charge < -0.3 is 15.2 Å². The van der Waals surface area contributed by atoms with Crippen LogP contribution in [-0.4, -0.2) is 38.8 Å². The van der Waals surface area contributed by atoms with Gasteiger partial charge in [0.05, 0.1) is 0 Å². The number of nitrogens with zero attached hydrogens (tertiary/aromatic N) is 3. The molecule has 2 N–H and O–H groups in total. The summed E-state index contributed by atoms with van der Waals surface area (Å²) >= 11 is 0. The lowest BCUT2D eigenvalue weighted by molar-refractivity contribution is -0.127. The summed E-state index contributed by atoms with van der Waals surface area (Å²) in [5.41, 5.74) is 5.39. The third-order valence-corrected chi connectivity index (χ3v) is 5.26. The third kappa shape index (κ3) is 4.15. The first-order chi connectivity index (χ1) is 15.3. The maximum Gasteiger partial charge on any atom is 0.329 e. The van der Waals surface area contributed by atoms with E-state index in [2.05, 4.69) is 15.6 Å². The summed E-state index contributed by atoms with van der Waals surface area (Å²) in [5, 5.41) is 5.29. The smallest absolute Gasteiger partial charge is 0.325 e. The van der Waals surface area contributed by atoms with Gasteiger partial charge in [-0.2, -0.15) is 0 Å². The summed E-state index contributed by atoms with van der Waals surface area (Å²) in [6.07, 6.45) is 5.07. The zero-order valence-corrected chi connectivity index (χ0v) is 18.0. The number of carbonyl (C=O) groups is 3. The summed E-state index contributed by atoms with van der Waals surface area (Å²) in [6, 6.07) is 12.4. The van der Waals surface area contributed by atoms with Crippen molar-refractivity contribution in [2.75, 3.05) is 11.9 Å². The molecule has 0 atom stereocenters. The molecule has 0 saturated carbocycles. The molecule has 32 heavy (non-hydrogen) atoms. The maximum atomic E-state index is 12.8. The zero-order valence-electron chi connectivity index (χ0n) is 18.0. The van der Waals surface area contributed by atoms with E-state index in [9.17, 15) is 14.4 Å². The molecule has 1 aliphatic heterocycles. The van der Waals surface area contributed by atoms with Crippen LogP contribution in [0.5, 0.6) is 0 Å². The first-order valence-corrected chi connectivity index (χ1v) is 10.1. The fraction of sp³-hybridized carbons (Fsp3) is 0.167. The average molecular weight is 429 g/mol. The predicted molar refractivity (Wildman–Crippen MR) is 121 cm³/mol. The predicted octanol–water partition coefficient (Wildman–Crippen LogP) is 3.33. The number of rotatable bonds is 5. The second-order valence-electron chi connectivity index (χ2n) is 7.66. The third-order valence-electron chi connectivity index (χ3n) is 5.26. The molecule has 1 aromatic carbocycles. The fourth-order valence-corrected chi connectivity index (χ4v) is 3.76. The fourth-order valence-electron chi connectivity index (χ4n) is 3.76. The molecule has 162 valence electrons. The van der Waals surface area contributed by atoms with Crippen molar-refractivity contribution in [3.8, 4) is 5.69 Å². The van der Waals surface area contributed by atoms with Gasteiger partial charge >= 0.3 is 6.03 Å². The van der Waals surface area contributed by atoms with Crippen molar-refractivity contribution in [2.45, 2.75) is 20.8 Å². The second kappa shape index (κ2) is 8.50. The minimum atomic E-state index is -0.622. The Kier molecular flexibility index (Phi) is 5.59. The Bertz CT molecular complexity index is 1240. The Labute approximate surface area is 185 Å². The highest BCUT2D eigenvalue weighted by Crippen LogP contribution is 2.23. The molecule has 0 spiro atoms. The largest absolute Gasteiger partial charge is 0.329 e. The lowest BCUT2D eigenvalue weighted by Crippen LogP contribution is -2.38. The van der Waals surface area contributed by atoms with Crippen molar-refractivity contribution in [3.63, 3.8) is 0 Å². The van der Waals surface area contributed by atoms with Crippen LogP contribution < -0.4 is 10.6 Å². The van der Waals surface area contributed by atoms with E-state index < -0.39 is 17.8 Å². The summed E-state index contributed by atoms with van der Waals surface area (Å²) in [4.78, 5) is 42.5. The van der Waals surface area contributed by atoms with Gasteiger partial charge in [-0.25, -0.2) is 9.69 Å². The number of imide groups is 1. The Hall–Kier alpha value is -4.20. The maximum absolute atomic E-state index is 12.8. The number of urea groups is 1. The average Bonchev–Trinajstić information content (AvgIpc) is 3.18. The summed E-state index contributed by atoms with van der Waals surface area (Å²) < 4.78 is 2.04. The Balaban J connectivity index is 1.52. The van der Waals surface area contributed by atoms with Gasteiger partial charge in [-0.3, -0.25) is 14.6 Å². The molecule has 4 rings (SSSR count). The molecule has 0 aliphatic carbocycles. The van der Waals surface area contributed by atoms with E-state index in [0.717, 1.165) is 33.1 Å². The lowest BCUT2D eigenvalue weighted by atomic mass is 10.2. The van der Waals surface area contributed by atoms with Crippen LogP contribution in [0.3, 0.4) is 0 Å². The molecular weight excluding hydrogens is 406 g/mol. The highest BCUT2D eigenvalue weighted by Gasteiger charge is 2.35. The first-order valence-electron chi connectivity index (χ1n) is 10.1. The van der Waals surface area contributed by atoms with Crippen LogP contribution in [0.2, 0.25) is 0 Å². The van der Waals surface area contributed by atoms with E-state index in [1.54, 1.807) is 24.5 Å².